The smallest absolute Gasteiger partial charge is 0.270 e. The predicted octanol–water partition coefficient (Wildman–Crippen LogP) is 2.25. The van der Waals surface area contributed by atoms with Gasteiger partial charge in [0.05, 0.1) is 24.1 Å². The highest BCUT2D eigenvalue weighted by Gasteiger charge is 2.15. The Morgan fingerprint density at radius 3 is 2.42 bits per heavy atom. The van der Waals surface area contributed by atoms with Gasteiger partial charge in [0.1, 0.15) is 5.75 Å². The van der Waals surface area contributed by atoms with Gasteiger partial charge in [-0.25, -0.2) is 0 Å². The quantitative estimate of drug-likeness (QED) is 0.367. The van der Waals surface area contributed by atoms with Crippen LogP contribution in [0, 0.1) is 13.7 Å². The van der Waals surface area contributed by atoms with Crippen molar-refractivity contribution in [3.63, 3.8) is 0 Å². The Kier molecular flexibility index (Phi) is 6.89. The molecule has 0 aliphatic rings. The Balaban J connectivity index is 1.84. The van der Waals surface area contributed by atoms with E-state index in [1.165, 1.54) is 18.2 Å². The van der Waals surface area contributed by atoms with Crippen LogP contribution in [-0.4, -0.2) is 30.4 Å². The number of hydrogen-bond acceptors (Lipinski definition) is 5. The number of amides is 2. The standard InChI is InChI=1S/C17H16IN3O5/c1-26-13-5-2-11(3-6-13)9-19-16(22)10-20-17(23)14-7-4-12(21(24)25)8-15(14)18/h2-8H,9-10H2,1H3,(H,19,22)(H,20,23). The summed E-state index contributed by atoms with van der Waals surface area (Å²) >= 11 is 1.85. The summed E-state index contributed by atoms with van der Waals surface area (Å²) in [4.78, 5) is 34.2. The molecule has 0 saturated carbocycles. The summed E-state index contributed by atoms with van der Waals surface area (Å²) in [6, 6.07) is 11.2. The normalized spacial score (nSPS) is 10.1. The number of benzene rings is 2. The number of carbonyl (C=O) groups excluding carboxylic acids is 2. The summed E-state index contributed by atoms with van der Waals surface area (Å²) in [5, 5.41) is 15.9. The molecular formula is C17H16IN3O5. The van der Waals surface area contributed by atoms with Gasteiger partial charge in [-0.3, -0.25) is 19.7 Å². The largest absolute Gasteiger partial charge is 0.497 e. The molecule has 0 heterocycles. The molecule has 0 unspecified atom stereocenters. The molecule has 2 aromatic carbocycles. The highest BCUT2D eigenvalue weighted by atomic mass is 127. The van der Waals surface area contributed by atoms with Crippen LogP contribution in [0.2, 0.25) is 0 Å². The first-order valence-corrected chi connectivity index (χ1v) is 8.60. The number of carbonyl (C=O) groups is 2. The maximum absolute atomic E-state index is 12.1. The fourth-order valence-electron chi connectivity index (χ4n) is 2.06. The summed E-state index contributed by atoms with van der Waals surface area (Å²) in [6.07, 6.45) is 0. The first-order valence-electron chi connectivity index (χ1n) is 7.52. The van der Waals surface area contributed by atoms with Gasteiger partial charge in [-0.05, 0) is 46.4 Å². The minimum atomic E-state index is -0.531. The van der Waals surface area contributed by atoms with E-state index in [1.807, 2.05) is 34.7 Å². The molecule has 0 fully saturated rings. The molecule has 2 N–H and O–H groups in total. The second-order valence-electron chi connectivity index (χ2n) is 5.23. The Hall–Kier alpha value is -2.69. The first kappa shape index (κ1) is 19.6. The molecule has 8 nitrogen and oxygen atoms in total. The predicted molar refractivity (Wildman–Crippen MR) is 103 cm³/mol. The van der Waals surface area contributed by atoms with E-state index < -0.39 is 10.8 Å². The van der Waals surface area contributed by atoms with Crippen LogP contribution in [0.1, 0.15) is 15.9 Å². The maximum atomic E-state index is 12.1. The number of halogens is 1. The summed E-state index contributed by atoms with van der Waals surface area (Å²) in [5.74, 6) is -0.0833. The summed E-state index contributed by atoms with van der Waals surface area (Å²) in [6.45, 7) is 0.135. The van der Waals surface area contributed by atoms with Gasteiger partial charge in [0.2, 0.25) is 5.91 Å². The first-order chi connectivity index (χ1) is 12.4. The fourth-order valence-corrected chi connectivity index (χ4v) is 2.81. The lowest BCUT2D eigenvalue weighted by molar-refractivity contribution is -0.384. The topological polar surface area (TPSA) is 111 Å². The number of nitrogens with zero attached hydrogens (tertiary/aromatic N) is 1. The summed E-state index contributed by atoms with van der Waals surface area (Å²) < 4.78 is 5.50. The van der Waals surface area contributed by atoms with Crippen LogP contribution >= 0.6 is 22.6 Å². The zero-order chi connectivity index (χ0) is 19.1. The number of non-ortho nitro benzene ring substituents is 1. The molecule has 26 heavy (non-hydrogen) atoms. The molecule has 9 heteroatoms. The second-order valence-corrected chi connectivity index (χ2v) is 6.39. The fraction of sp³-hybridized carbons (Fsp3) is 0.176. The van der Waals surface area contributed by atoms with Crippen molar-refractivity contribution in [2.24, 2.45) is 0 Å². The zero-order valence-electron chi connectivity index (χ0n) is 13.8. The molecule has 136 valence electrons. The summed E-state index contributed by atoms with van der Waals surface area (Å²) in [5.41, 5.74) is 1.08. The number of rotatable bonds is 7. The summed E-state index contributed by atoms with van der Waals surface area (Å²) in [7, 11) is 1.57. The van der Waals surface area contributed by atoms with E-state index in [2.05, 4.69) is 10.6 Å². The van der Waals surface area contributed by atoms with Crippen molar-refractivity contribution in [1.82, 2.24) is 10.6 Å². The molecule has 0 aromatic heterocycles. The van der Waals surface area contributed by atoms with E-state index in [0.717, 1.165) is 11.3 Å². The van der Waals surface area contributed by atoms with Crippen LogP contribution in [-0.2, 0) is 11.3 Å². The lowest BCUT2D eigenvalue weighted by Crippen LogP contribution is -2.36. The number of methoxy groups -OCH3 is 1. The third-order valence-electron chi connectivity index (χ3n) is 3.47. The Morgan fingerprint density at radius 1 is 1.15 bits per heavy atom. The van der Waals surface area contributed by atoms with Gasteiger partial charge in [-0.1, -0.05) is 12.1 Å². The van der Waals surface area contributed by atoms with Gasteiger partial charge >= 0.3 is 0 Å². The van der Waals surface area contributed by atoms with Gasteiger partial charge in [0.25, 0.3) is 11.6 Å². The van der Waals surface area contributed by atoms with Crippen molar-refractivity contribution >= 4 is 40.1 Å². The average molecular weight is 469 g/mol. The molecule has 2 amide bonds. The number of nitrogens with one attached hydrogen (secondary N) is 2. The number of ether oxygens (including phenoxy) is 1. The molecule has 0 atom stereocenters. The lowest BCUT2D eigenvalue weighted by atomic mass is 10.2. The number of hydrogen-bond donors (Lipinski definition) is 2. The molecule has 2 rings (SSSR count). The molecule has 0 aliphatic heterocycles. The average Bonchev–Trinajstić information content (AvgIpc) is 2.64. The van der Waals surface area contributed by atoms with Crippen LogP contribution in [0.4, 0.5) is 5.69 Å². The van der Waals surface area contributed by atoms with Crippen LogP contribution in [0.5, 0.6) is 5.75 Å². The Labute approximate surface area is 163 Å². The SMILES string of the molecule is COc1ccc(CNC(=O)CNC(=O)c2ccc([N+](=O)[O-])cc2I)cc1. The third kappa shape index (κ3) is 5.41. The van der Waals surface area contributed by atoms with E-state index in [4.69, 9.17) is 4.74 Å². The zero-order valence-corrected chi connectivity index (χ0v) is 16.0. The van der Waals surface area contributed by atoms with Crippen molar-refractivity contribution in [1.29, 1.82) is 0 Å². The monoisotopic (exact) mass is 469 g/mol. The highest BCUT2D eigenvalue weighted by molar-refractivity contribution is 14.1. The van der Waals surface area contributed by atoms with E-state index in [-0.39, 0.29) is 23.7 Å². The molecule has 0 radical (unpaired) electrons. The number of nitro groups is 1. The van der Waals surface area contributed by atoms with Crippen LogP contribution in [0.15, 0.2) is 42.5 Å². The minimum absolute atomic E-state index is 0.0943. The third-order valence-corrected chi connectivity index (χ3v) is 4.36. The van der Waals surface area contributed by atoms with Crippen molar-refractivity contribution < 1.29 is 19.2 Å². The maximum Gasteiger partial charge on any atom is 0.270 e. The van der Waals surface area contributed by atoms with E-state index in [0.29, 0.717) is 10.1 Å². The Morgan fingerprint density at radius 2 is 1.85 bits per heavy atom. The van der Waals surface area contributed by atoms with Crippen LogP contribution in [0.3, 0.4) is 0 Å². The molecule has 2 aromatic rings. The van der Waals surface area contributed by atoms with Gasteiger partial charge in [0, 0.05) is 22.2 Å². The van der Waals surface area contributed by atoms with E-state index >= 15 is 0 Å². The van der Waals surface area contributed by atoms with Crippen LogP contribution in [0.25, 0.3) is 0 Å². The van der Waals surface area contributed by atoms with Crippen molar-refractivity contribution in [2.75, 3.05) is 13.7 Å². The van der Waals surface area contributed by atoms with Crippen molar-refractivity contribution in [3.8, 4) is 5.75 Å². The van der Waals surface area contributed by atoms with Crippen LogP contribution < -0.4 is 15.4 Å². The number of nitro benzene ring substituents is 1. The van der Waals surface area contributed by atoms with Gasteiger partial charge < -0.3 is 15.4 Å². The van der Waals surface area contributed by atoms with Gasteiger partial charge in [-0.15, -0.1) is 0 Å². The lowest BCUT2D eigenvalue weighted by Gasteiger charge is -2.08. The molecular weight excluding hydrogens is 453 g/mol. The van der Waals surface area contributed by atoms with Gasteiger partial charge in [-0.2, -0.15) is 0 Å². The molecule has 0 aliphatic carbocycles. The van der Waals surface area contributed by atoms with Crippen molar-refractivity contribution in [2.45, 2.75) is 6.54 Å². The van der Waals surface area contributed by atoms with Gasteiger partial charge in [0.15, 0.2) is 0 Å². The highest BCUT2D eigenvalue weighted by Crippen LogP contribution is 2.19. The van der Waals surface area contributed by atoms with Crippen molar-refractivity contribution in [3.05, 3.63) is 67.3 Å². The second kappa shape index (κ2) is 9.13. The Bertz CT molecular complexity index is 824. The molecule has 0 spiro atoms. The molecule has 0 saturated heterocycles. The molecule has 0 bridgehead atoms. The van der Waals surface area contributed by atoms with E-state index in [1.54, 1.807) is 19.2 Å². The van der Waals surface area contributed by atoms with E-state index in [9.17, 15) is 19.7 Å². The minimum Gasteiger partial charge on any atom is -0.497 e.